The van der Waals surface area contributed by atoms with E-state index in [-0.39, 0.29) is 5.82 Å². The van der Waals surface area contributed by atoms with Crippen molar-refractivity contribution in [2.45, 2.75) is 0 Å². The van der Waals surface area contributed by atoms with Gasteiger partial charge in [-0.05, 0) is 24.3 Å². The number of aromatic nitrogens is 3. The molecule has 0 saturated carbocycles. The number of nitrogens with zero attached hydrogens (tertiary/aromatic N) is 3. The lowest BCUT2D eigenvalue weighted by atomic mass is 10.2. The summed E-state index contributed by atoms with van der Waals surface area (Å²) >= 11 is 0. The van der Waals surface area contributed by atoms with Crippen LogP contribution < -0.4 is 5.32 Å². The Labute approximate surface area is 103 Å². The largest absolute Gasteiger partial charge is 0.337 e. The van der Waals surface area contributed by atoms with Crippen LogP contribution in [0.1, 0.15) is 0 Å². The molecule has 2 heterocycles. The first-order valence-electron chi connectivity index (χ1n) is 5.42. The molecule has 88 valence electrons. The Morgan fingerprint density at radius 3 is 2.72 bits per heavy atom. The van der Waals surface area contributed by atoms with Crippen LogP contribution >= 0.6 is 0 Å². The Balaban J connectivity index is 2.08. The van der Waals surface area contributed by atoms with Gasteiger partial charge in [-0.2, -0.15) is 0 Å². The highest BCUT2D eigenvalue weighted by atomic mass is 19.1. The molecule has 0 bridgehead atoms. The van der Waals surface area contributed by atoms with Gasteiger partial charge >= 0.3 is 0 Å². The number of para-hydroxylation sites is 1. The molecule has 0 unspecified atom stereocenters. The van der Waals surface area contributed by atoms with Crippen molar-refractivity contribution in [3.63, 3.8) is 0 Å². The fraction of sp³-hybridized carbons (Fsp3) is 0. The molecule has 1 N–H and O–H groups in total. The number of benzene rings is 1. The van der Waals surface area contributed by atoms with Crippen molar-refractivity contribution in [2.24, 2.45) is 0 Å². The van der Waals surface area contributed by atoms with Crippen molar-refractivity contribution in [1.29, 1.82) is 0 Å². The van der Waals surface area contributed by atoms with Gasteiger partial charge in [0, 0.05) is 6.20 Å². The van der Waals surface area contributed by atoms with E-state index >= 15 is 0 Å². The van der Waals surface area contributed by atoms with Crippen molar-refractivity contribution in [3.8, 4) is 0 Å². The second-order valence-electron chi connectivity index (χ2n) is 3.70. The first-order valence-corrected chi connectivity index (χ1v) is 5.42. The maximum absolute atomic E-state index is 13.6. The molecule has 0 spiro atoms. The minimum atomic E-state index is -0.326. The number of nitrogens with one attached hydrogen (secondary N) is 1. The Hall–Kier alpha value is -2.56. The summed E-state index contributed by atoms with van der Waals surface area (Å²) in [6.45, 7) is 0. The minimum absolute atomic E-state index is 0.326. The molecule has 0 aliphatic heterocycles. The van der Waals surface area contributed by atoms with E-state index in [1.807, 2.05) is 6.07 Å². The second-order valence-corrected chi connectivity index (χ2v) is 3.70. The van der Waals surface area contributed by atoms with Gasteiger partial charge in [-0.1, -0.05) is 12.1 Å². The molecule has 18 heavy (non-hydrogen) atoms. The van der Waals surface area contributed by atoms with Gasteiger partial charge in [0.1, 0.15) is 18.0 Å². The monoisotopic (exact) mass is 240 g/mol. The van der Waals surface area contributed by atoms with Crippen LogP contribution in [0.5, 0.6) is 0 Å². The Kier molecular flexibility index (Phi) is 2.57. The molecule has 2 aromatic heterocycles. The lowest BCUT2D eigenvalue weighted by molar-refractivity contribution is 0.632. The number of anilines is 2. The highest BCUT2D eigenvalue weighted by Gasteiger charge is 2.06. The molecule has 0 aliphatic rings. The Morgan fingerprint density at radius 2 is 1.83 bits per heavy atom. The fourth-order valence-corrected chi connectivity index (χ4v) is 1.69. The lowest BCUT2D eigenvalue weighted by Crippen LogP contribution is -1.98. The van der Waals surface area contributed by atoms with E-state index in [1.54, 1.807) is 30.5 Å². The normalized spacial score (nSPS) is 10.5. The summed E-state index contributed by atoms with van der Waals surface area (Å²) in [7, 11) is 0. The summed E-state index contributed by atoms with van der Waals surface area (Å²) in [6.07, 6.45) is 3.06. The standard InChI is InChI=1S/C13H9FN4/c14-10-5-1-2-6-11(10)18-13-9-4-3-7-15-12(9)16-8-17-13/h1-8H,(H,15,16,17,18). The van der Waals surface area contributed by atoms with Crippen molar-refractivity contribution in [1.82, 2.24) is 15.0 Å². The van der Waals surface area contributed by atoms with E-state index in [9.17, 15) is 4.39 Å². The maximum atomic E-state index is 13.6. The quantitative estimate of drug-likeness (QED) is 0.748. The van der Waals surface area contributed by atoms with E-state index in [0.29, 0.717) is 17.2 Å². The number of fused-ring (bicyclic) bond motifs is 1. The van der Waals surface area contributed by atoms with Gasteiger partial charge < -0.3 is 5.32 Å². The van der Waals surface area contributed by atoms with Crippen LogP contribution in [0.3, 0.4) is 0 Å². The van der Waals surface area contributed by atoms with Crippen molar-refractivity contribution >= 4 is 22.5 Å². The van der Waals surface area contributed by atoms with E-state index in [4.69, 9.17) is 0 Å². The summed E-state index contributed by atoms with van der Waals surface area (Å²) in [6, 6.07) is 10.1. The molecule has 4 nitrogen and oxygen atoms in total. The van der Waals surface area contributed by atoms with Crippen LogP contribution in [0.15, 0.2) is 48.9 Å². The average Bonchev–Trinajstić information content (AvgIpc) is 2.42. The number of rotatable bonds is 2. The third-order valence-electron chi connectivity index (χ3n) is 2.54. The second kappa shape index (κ2) is 4.37. The smallest absolute Gasteiger partial charge is 0.164 e. The van der Waals surface area contributed by atoms with Crippen molar-refractivity contribution in [2.75, 3.05) is 5.32 Å². The topological polar surface area (TPSA) is 50.7 Å². The zero-order valence-electron chi connectivity index (χ0n) is 9.34. The van der Waals surface area contributed by atoms with Crippen molar-refractivity contribution < 1.29 is 4.39 Å². The first kappa shape index (κ1) is 10.6. The Bertz CT molecular complexity index is 694. The van der Waals surface area contributed by atoms with Gasteiger partial charge in [0.05, 0.1) is 11.1 Å². The van der Waals surface area contributed by atoms with Gasteiger partial charge in [0.25, 0.3) is 0 Å². The molecule has 5 heteroatoms. The van der Waals surface area contributed by atoms with Crippen LogP contribution in [0.4, 0.5) is 15.9 Å². The SMILES string of the molecule is Fc1ccccc1Nc1ncnc2ncccc12. The number of hydrogen-bond acceptors (Lipinski definition) is 4. The van der Waals surface area contributed by atoms with Gasteiger partial charge in [-0.3, -0.25) is 0 Å². The summed E-state index contributed by atoms with van der Waals surface area (Å²) < 4.78 is 13.6. The summed E-state index contributed by atoms with van der Waals surface area (Å²) in [5.74, 6) is 0.214. The Morgan fingerprint density at radius 1 is 0.944 bits per heavy atom. The van der Waals surface area contributed by atoms with E-state index in [2.05, 4.69) is 20.3 Å². The molecule has 0 amide bonds. The first-order chi connectivity index (χ1) is 8.84. The molecule has 0 saturated heterocycles. The molecule has 0 aliphatic carbocycles. The van der Waals surface area contributed by atoms with E-state index in [0.717, 1.165) is 5.39 Å². The third-order valence-corrected chi connectivity index (χ3v) is 2.54. The number of pyridine rings is 1. The van der Waals surface area contributed by atoms with Crippen LogP contribution in [0.25, 0.3) is 11.0 Å². The van der Waals surface area contributed by atoms with Crippen LogP contribution in [-0.4, -0.2) is 15.0 Å². The number of halogens is 1. The zero-order valence-corrected chi connectivity index (χ0v) is 9.34. The van der Waals surface area contributed by atoms with Gasteiger partial charge in [0.2, 0.25) is 0 Å². The van der Waals surface area contributed by atoms with Gasteiger partial charge in [-0.25, -0.2) is 19.3 Å². The molecule has 3 aromatic rings. The highest BCUT2D eigenvalue weighted by Crippen LogP contribution is 2.22. The van der Waals surface area contributed by atoms with Gasteiger partial charge in [-0.15, -0.1) is 0 Å². The average molecular weight is 240 g/mol. The summed E-state index contributed by atoms with van der Waals surface area (Å²) in [5, 5.41) is 3.70. The van der Waals surface area contributed by atoms with Crippen LogP contribution in [-0.2, 0) is 0 Å². The summed E-state index contributed by atoms with van der Waals surface area (Å²) in [4.78, 5) is 12.3. The van der Waals surface area contributed by atoms with E-state index in [1.165, 1.54) is 12.4 Å². The van der Waals surface area contributed by atoms with Crippen molar-refractivity contribution in [3.05, 3.63) is 54.7 Å². The lowest BCUT2D eigenvalue weighted by Gasteiger charge is -2.08. The minimum Gasteiger partial charge on any atom is -0.337 e. The molecule has 0 radical (unpaired) electrons. The zero-order chi connectivity index (χ0) is 12.4. The van der Waals surface area contributed by atoms with Crippen LogP contribution in [0, 0.1) is 5.82 Å². The maximum Gasteiger partial charge on any atom is 0.164 e. The molecular formula is C13H9FN4. The molecule has 3 rings (SSSR count). The summed E-state index contributed by atoms with van der Waals surface area (Å²) in [5.41, 5.74) is 0.952. The highest BCUT2D eigenvalue weighted by molar-refractivity contribution is 5.87. The molecule has 0 atom stereocenters. The molecule has 1 aromatic carbocycles. The van der Waals surface area contributed by atoms with Gasteiger partial charge in [0.15, 0.2) is 5.65 Å². The molecule has 0 fully saturated rings. The molecular weight excluding hydrogens is 231 g/mol. The predicted molar refractivity (Wildman–Crippen MR) is 67.0 cm³/mol. The number of hydrogen-bond donors (Lipinski definition) is 1. The van der Waals surface area contributed by atoms with Crippen LogP contribution in [0.2, 0.25) is 0 Å². The fourth-order valence-electron chi connectivity index (χ4n) is 1.69. The van der Waals surface area contributed by atoms with E-state index < -0.39 is 0 Å². The third kappa shape index (κ3) is 1.86. The predicted octanol–water partition coefficient (Wildman–Crippen LogP) is 2.91.